The lowest BCUT2D eigenvalue weighted by Gasteiger charge is -2.23. The molecule has 128 valence electrons. The number of benzene rings is 2. The number of hydrogen-bond acceptors (Lipinski definition) is 2. The van der Waals surface area contributed by atoms with Gasteiger partial charge in [0.2, 0.25) is 0 Å². The Morgan fingerprint density at radius 1 is 1.21 bits per heavy atom. The summed E-state index contributed by atoms with van der Waals surface area (Å²) in [7, 11) is 5.82. The molecular formula is C18H23FN3OS+. The lowest BCUT2D eigenvalue weighted by molar-refractivity contribution is -0.890. The van der Waals surface area contributed by atoms with E-state index in [0.717, 1.165) is 11.3 Å². The molecule has 2 rings (SSSR count). The van der Waals surface area contributed by atoms with E-state index in [4.69, 9.17) is 17.0 Å². The smallest absolute Gasteiger partial charge is 0.171 e. The molecule has 0 unspecified atom stereocenters. The number of ether oxygens (including phenoxy) is 1. The zero-order valence-electron chi connectivity index (χ0n) is 14.1. The van der Waals surface area contributed by atoms with E-state index < -0.39 is 0 Å². The average molecular weight is 348 g/mol. The molecule has 0 bridgehead atoms. The maximum Gasteiger partial charge on any atom is 0.171 e. The second-order valence-electron chi connectivity index (χ2n) is 5.72. The third-order valence-corrected chi connectivity index (χ3v) is 4.03. The number of thiocarbonyl (C=S) groups is 1. The van der Waals surface area contributed by atoms with Crippen molar-refractivity contribution in [3.8, 4) is 5.75 Å². The number of anilines is 1. The highest BCUT2D eigenvalue weighted by atomic mass is 32.1. The molecule has 0 radical (unpaired) electrons. The van der Waals surface area contributed by atoms with E-state index >= 15 is 0 Å². The summed E-state index contributed by atoms with van der Waals surface area (Å²) >= 11 is 5.28. The predicted octanol–water partition coefficient (Wildman–Crippen LogP) is 2.01. The van der Waals surface area contributed by atoms with Gasteiger partial charge in [-0.2, -0.15) is 0 Å². The first kappa shape index (κ1) is 18.2. The molecule has 6 heteroatoms. The van der Waals surface area contributed by atoms with E-state index in [2.05, 4.69) is 30.8 Å². The number of quaternary nitrogens is 1. The fourth-order valence-electron chi connectivity index (χ4n) is 2.44. The van der Waals surface area contributed by atoms with Crippen molar-refractivity contribution >= 4 is 23.0 Å². The highest BCUT2D eigenvalue weighted by molar-refractivity contribution is 7.80. The molecule has 2 aromatic rings. The van der Waals surface area contributed by atoms with Crippen molar-refractivity contribution < 1.29 is 14.0 Å². The highest BCUT2D eigenvalue weighted by Gasteiger charge is 2.18. The summed E-state index contributed by atoms with van der Waals surface area (Å²) in [4.78, 5) is 1.25. The first-order valence-electron chi connectivity index (χ1n) is 7.74. The van der Waals surface area contributed by atoms with Crippen LogP contribution in [-0.4, -0.2) is 32.9 Å². The van der Waals surface area contributed by atoms with Crippen molar-refractivity contribution in [3.63, 3.8) is 0 Å². The maximum absolute atomic E-state index is 13.7. The van der Waals surface area contributed by atoms with E-state index in [9.17, 15) is 4.39 Å². The molecule has 0 saturated carbocycles. The van der Waals surface area contributed by atoms with E-state index in [1.807, 2.05) is 18.2 Å². The molecule has 0 spiro atoms. The van der Waals surface area contributed by atoms with Crippen LogP contribution >= 0.6 is 12.2 Å². The van der Waals surface area contributed by atoms with Crippen LogP contribution in [0.25, 0.3) is 0 Å². The van der Waals surface area contributed by atoms with Crippen LogP contribution in [0, 0.1) is 5.82 Å². The van der Waals surface area contributed by atoms with Gasteiger partial charge in [-0.3, -0.25) is 0 Å². The Hall–Kier alpha value is -2.18. The molecule has 0 fully saturated rings. The molecule has 0 aliphatic carbocycles. The van der Waals surface area contributed by atoms with Gasteiger partial charge in [-0.1, -0.05) is 24.3 Å². The fourth-order valence-corrected chi connectivity index (χ4v) is 2.63. The molecule has 0 heterocycles. The molecule has 0 aliphatic heterocycles. The molecular weight excluding hydrogens is 325 g/mol. The van der Waals surface area contributed by atoms with Gasteiger partial charge < -0.3 is 20.3 Å². The summed E-state index contributed by atoms with van der Waals surface area (Å²) in [5.74, 6) is 0.495. The monoisotopic (exact) mass is 348 g/mol. The zero-order chi connectivity index (χ0) is 17.5. The largest absolute Gasteiger partial charge is 0.497 e. The fraction of sp³-hybridized carbons (Fsp3) is 0.278. The summed E-state index contributed by atoms with van der Waals surface area (Å²) in [6, 6.07) is 14.6. The van der Waals surface area contributed by atoms with Crippen molar-refractivity contribution in [3.05, 3.63) is 59.9 Å². The van der Waals surface area contributed by atoms with Gasteiger partial charge in [-0.15, -0.1) is 0 Å². The standard InChI is InChI=1S/C18H22FN3OS/c1-22(2)17(13-7-6-8-14(11-13)23-3)12-20-18(24)21-16-10-5-4-9-15(16)19/h4-11,17H,12H2,1-3H3,(H2,20,21,24)/p+1/t17-/m1/s1. The molecule has 0 saturated heterocycles. The quantitative estimate of drug-likeness (QED) is 0.698. The minimum Gasteiger partial charge on any atom is -0.497 e. The van der Waals surface area contributed by atoms with Crippen molar-refractivity contribution in [1.82, 2.24) is 5.32 Å². The van der Waals surface area contributed by atoms with Crippen LogP contribution < -0.4 is 20.3 Å². The number of nitrogens with one attached hydrogen (secondary N) is 3. The van der Waals surface area contributed by atoms with E-state index in [1.165, 1.54) is 11.0 Å². The highest BCUT2D eigenvalue weighted by Crippen LogP contribution is 2.17. The van der Waals surface area contributed by atoms with Gasteiger partial charge in [0.25, 0.3) is 0 Å². The summed E-state index contributed by atoms with van der Waals surface area (Å²) in [5.41, 5.74) is 1.51. The minimum atomic E-state index is -0.329. The van der Waals surface area contributed by atoms with Gasteiger partial charge in [0.15, 0.2) is 5.11 Å². The van der Waals surface area contributed by atoms with Crippen molar-refractivity contribution in [2.75, 3.05) is 33.1 Å². The van der Waals surface area contributed by atoms with Crippen molar-refractivity contribution in [2.45, 2.75) is 6.04 Å². The van der Waals surface area contributed by atoms with Gasteiger partial charge in [0.1, 0.15) is 17.6 Å². The summed E-state index contributed by atoms with van der Waals surface area (Å²) in [6.07, 6.45) is 0. The number of hydrogen-bond donors (Lipinski definition) is 3. The van der Waals surface area contributed by atoms with Crippen LogP contribution in [0.15, 0.2) is 48.5 Å². The summed E-state index contributed by atoms with van der Waals surface area (Å²) in [5, 5.41) is 6.46. The second-order valence-corrected chi connectivity index (χ2v) is 6.13. The lowest BCUT2D eigenvalue weighted by Crippen LogP contribution is -3.07. The van der Waals surface area contributed by atoms with E-state index in [-0.39, 0.29) is 11.9 Å². The Balaban J connectivity index is 2.01. The van der Waals surface area contributed by atoms with Gasteiger partial charge in [0.05, 0.1) is 33.4 Å². The Labute approximate surface area is 147 Å². The number of rotatable bonds is 6. The average Bonchev–Trinajstić information content (AvgIpc) is 2.57. The lowest BCUT2D eigenvalue weighted by atomic mass is 10.1. The third kappa shape index (κ3) is 4.91. The molecule has 0 aromatic heterocycles. The molecule has 0 aliphatic rings. The number of halogens is 1. The number of likely N-dealkylation sites (N-methyl/N-ethyl adjacent to an activating group) is 1. The first-order chi connectivity index (χ1) is 11.5. The predicted molar refractivity (Wildman–Crippen MR) is 99.2 cm³/mol. The molecule has 3 N–H and O–H groups in total. The van der Waals surface area contributed by atoms with Crippen LogP contribution in [0.3, 0.4) is 0 Å². The zero-order valence-corrected chi connectivity index (χ0v) is 14.9. The number of methoxy groups -OCH3 is 1. The maximum atomic E-state index is 13.7. The van der Waals surface area contributed by atoms with Crippen molar-refractivity contribution in [2.24, 2.45) is 0 Å². The van der Waals surface area contributed by atoms with E-state index in [0.29, 0.717) is 17.3 Å². The molecule has 24 heavy (non-hydrogen) atoms. The Morgan fingerprint density at radius 2 is 1.96 bits per heavy atom. The first-order valence-corrected chi connectivity index (χ1v) is 8.15. The summed E-state index contributed by atoms with van der Waals surface area (Å²) in [6.45, 7) is 0.621. The van der Waals surface area contributed by atoms with Gasteiger partial charge in [-0.05, 0) is 36.5 Å². The van der Waals surface area contributed by atoms with Gasteiger partial charge >= 0.3 is 0 Å². The van der Waals surface area contributed by atoms with Crippen LogP contribution in [0.2, 0.25) is 0 Å². The Bertz CT molecular complexity index is 693. The molecule has 4 nitrogen and oxygen atoms in total. The van der Waals surface area contributed by atoms with Crippen molar-refractivity contribution in [1.29, 1.82) is 0 Å². The molecule has 0 amide bonds. The molecule has 1 atom stereocenters. The minimum absolute atomic E-state index is 0.181. The Kier molecular flexibility index (Phi) is 6.52. The SMILES string of the molecule is COc1cccc([C@@H](CNC(=S)Nc2ccccc2F)[NH+](C)C)c1. The number of para-hydroxylation sites is 1. The van der Waals surface area contributed by atoms with Gasteiger partial charge in [-0.25, -0.2) is 4.39 Å². The van der Waals surface area contributed by atoms with Crippen LogP contribution in [0.1, 0.15) is 11.6 Å². The summed E-state index contributed by atoms with van der Waals surface area (Å²) < 4.78 is 19.0. The normalized spacial score (nSPS) is 11.9. The van der Waals surface area contributed by atoms with Gasteiger partial charge in [0, 0.05) is 5.56 Å². The Morgan fingerprint density at radius 3 is 2.62 bits per heavy atom. The topological polar surface area (TPSA) is 37.7 Å². The third-order valence-electron chi connectivity index (χ3n) is 3.78. The van der Waals surface area contributed by atoms with Crippen LogP contribution in [0.4, 0.5) is 10.1 Å². The van der Waals surface area contributed by atoms with E-state index in [1.54, 1.807) is 25.3 Å². The molecule has 2 aromatic carbocycles. The van der Waals surface area contributed by atoms with Crippen LogP contribution in [0.5, 0.6) is 5.75 Å². The van der Waals surface area contributed by atoms with Crippen LogP contribution in [-0.2, 0) is 0 Å². The second kappa shape index (κ2) is 8.61.